The van der Waals surface area contributed by atoms with Crippen molar-refractivity contribution in [1.82, 2.24) is 5.32 Å². The van der Waals surface area contributed by atoms with Crippen LogP contribution in [0.15, 0.2) is 22.7 Å². The molecule has 0 fully saturated rings. The van der Waals surface area contributed by atoms with Crippen LogP contribution in [0.3, 0.4) is 0 Å². The van der Waals surface area contributed by atoms with Gasteiger partial charge in [0, 0.05) is 22.6 Å². The first-order valence-electron chi connectivity index (χ1n) is 5.04. The maximum absolute atomic E-state index is 11.8. The summed E-state index contributed by atoms with van der Waals surface area (Å²) in [5.74, 6) is -0.773. The maximum Gasteiger partial charge on any atom is 0.253 e. The minimum Gasteiger partial charge on any atom is -0.398 e. The third-order valence-electron chi connectivity index (χ3n) is 2.14. The molecule has 0 aromatic heterocycles. The van der Waals surface area contributed by atoms with E-state index in [1.54, 1.807) is 25.1 Å². The normalized spacial score (nSPS) is 11.9. The second kappa shape index (κ2) is 5.67. The van der Waals surface area contributed by atoms with Crippen molar-refractivity contribution in [3.05, 3.63) is 28.2 Å². The van der Waals surface area contributed by atoms with Crippen LogP contribution in [0, 0.1) is 0 Å². The van der Waals surface area contributed by atoms with Crippen LogP contribution in [0.25, 0.3) is 0 Å². The number of benzene rings is 1. The summed E-state index contributed by atoms with van der Waals surface area (Å²) >= 11 is 3.26. The van der Waals surface area contributed by atoms with Gasteiger partial charge in [0.25, 0.3) is 5.91 Å². The van der Waals surface area contributed by atoms with Gasteiger partial charge in [0.05, 0.1) is 5.56 Å². The highest BCUT2D eigenvalue weighted by Crippen LogP contribution is 2.18. The van der Waals surface area contributed by atoms with Crippen LogP contribution < -0.4 is 16.8 Å². The highest BCUT2D eigenvalue weighted by atomic mass is 79.9. The molecule has 0 aliphatic heterocycles. The number of carbonyl (C=O) groups is 2. The number of anilines is 1. The van der Waals surface area contributed by atoms with Crippen molar-refractivity contribution in [3.63, 3.8) is 0 Å². The van der Waals surface area contributed by atoms with Crippen molar-refractivity contribution >= 4 is 33.4 Å². The zero-order chi connectivity index (χ0) is 13.0. The standard InChI is InChI=1S/C11H14BrN3O2/c1-6(4-10(14)16)15-11(17)8-3-2-7(12)5-9(8)13/h2-3,5-6H,4,13H2,1H3,(H2,14,16)(H,15,17). The number of hydrogen-bond donors (Lipinski definition) is 3. The second-order valence-corrected chi connectivity index (χ2v) is 4.69. The Balaban J connectivity index is 2.73. The molecule has 17 heavy (non-hydrogen) atoms. The summed E-state index contributed by atoms with van der Waals surface area (Å²) in [5, 5.41) is 2.65. The largest absolute Gasteiger partial charge is 0.398 e. The van der Waals surface area contributed by atoms with E-state index >= 15 is 0 Å². The first-order chi connectivity index (χ1) is 7.90. The van der Waals surface area contributed by atoms with Gasteiger partial charge in [-0.1, -0.05) is 15.9 Å². The quantitative estimate of drug-likeness (QED) is 0.724. The number of hydrogen-bond acceptors (Lipinski definition) is 3. The lowest BCUT2D eigenvalue weighted by atomic mass is 10.1. The molecule has 1 aromatic carbocycles. The van der Waals surface area contributed by atoms with Gasteiger partial charge in [-0.25, -0.2) is 0 Å². The molecule has 0 aliphatic rings. The SMILES string of the molecule is CC(CC(N)=O)NC(=O)c1ccc(Br)cc1N. The van der Waals surface area contributed by atoms with Gasteiger partial charge in [0.1, 0.15) is 0 Å². The molecule has 0 bridgehead atoms. The monoisotopic (exact) mass is 299 g/mol. The van der Waals surface area contributed by atoms with Gasteiger partial charge in [-0.05, 0) is 25.1 Å². The molecule has 0 saturated heterocycles. The summed E-state index contributed by atoms with van der Waals surface area (Å²) in [6, 6.07) is 4.67. The smallest absolute Gasteiger partial charge is 0.253 e. The summed E-state index contributed by atoms with van der Waals surface area (Å²) in [4.78, 5) is 22.5. The fourth-order valence-corrected chi connectivity index (χ4v) is 1.77. The Hall–Kier alpha value is -1.56. The minimum absolute atomic E-state index is 0.0994. The molecule has 5 nitrogen and oxygen atoms in total. The third kappa shape index (κ3) is 4.07. The molecule has 2 amide bonds. The zero-order valence-corrected chi connectivity index (χ0v) is 11.0. The van der Waals surface area contributed by atoms with Crippen LogP contribution in [0.5, 0.6) is 0 Å². The number of halogens is 1. The fraction of sp³-hybridized carbons (Fsp3) is 0.273. The van der Waals surface area contributed by atoms with Crippen LogP contribution in [-0.4, -0.2) is 17.9 Å². The molecule has 6 heteroatoms. The first kappa shape index (κ1) is 13.5. The van der Waals surface area contributed by atoms with Gasteiger partial charge in [0.15, 0.2) is 0 Å². The average molecular weight is 300 g/mol. The van der Waals surface area contributed by atoms with E-state index in [2.05, 4.69) is 21.2 Å². The summed E-state index contributed by atoms with van der Waals surface area (Å²) in [6.07, 6.45) is 0.0994. The number of nitrogens with two attached hydrogens (primary N) is 2. The van der Waals surface area contributed by atoms with E-state index in [1.165, 1.54) is 0 Å². The van der Waals surface area contributed by atoms with Gasteiger partial charge >= 0.3 is 0 Å². The van der Waals surface area contributed by atoms with E-state index in [1.807, 2.05) is 0 Å². The number of amides is 2. The second-order valence-electron chi connectivity index (χ2n) is 3.78. The highest BCUT2D eigenvalue weighted by Gasteiger charge is 2.13. The molecule has 5 N–H and O–H groups in total. The Labute approximate surface area is 108 Å². The van der Waals surface area contributed by atoms with E-state index in [4.69, 9.17) is 11.5 Å². The van der Waals surface area contributed by atoms with E-state index in [-0.39, 0.29) is 18.4 Å². The maximum atomic E-state index is 11.8. The summed E-state index contributed by atoms with van der Waals surface area (Å²) < 4.78 is 0.803. The molecule has 0 aliphatic carbocycles. The Bertz CT molecular complexity index is 448. The number of nitrogen functional groups attached to an aromatic ring is 1. The van der Waals surface area contributed by atoms with Crippen molar-refractivity contribution in [2.24, 2.45) is 5.73 Å². The fourth-order valence-electron chi connectivity index (χ4n) is 1.39. The van der Waals surface area contributed by atoms with E-state index in [9.17, 15) is 9.59 Å². The molecule has 1 unspecified atom stereocenters. The lowest BCUT2D eigenvalue weighted by Crippen LogP contribution is -2.36. The van der Waals surface area contributed by atoms with Gasteiger partial charge < -0.3 is 16.8 Å². The summed E-state index contributed by atoms with van der Waals surface area (Å²) in [7, 11) is 0. The molecular weight excluding hydrogens is 286 g/mol. The predicted molar refractivity (Wildman–Crippen MR) is 69.3 cm³/mol. The first-order valence-corrected chi connectivity index (χ1v) is 5.83. The summed E-state index contributed by atoms with van der Waals surface area (Å²) in [5.41, 5.74) is 11.5. The van der Waals surface area contributed by atoms with Crippen molar-refractivity contribution in [3.8, 4) is 0 Å². The number of carbonyl (C=O) groups excluding carboxylic acids is 2. The van der Waals surface area contributed by atoms with Crippen molar-refractivity contribution in [1.29, 1.82) is 0 Å². The summed E-state index contributed by atoms with van der Waals surface area (Å²) in [6.45, 7) is 1.71. The molecule has 92 valence electrons. The number of primary amides is 1. The molecule has 0 spiro atoms. The van der Waals surface area contributed by atoms with Crippen molar-refractivity contribution in [2.45, 2.75) is 19.4 Å². The topological polar surface area (TPSA) is 98.2 Å². The minimum atomic E-state index is -0.457. The van der Waals surface area contributed by atoms with E-state index in [0.717, 1.165) is 4.47 Å². The van der Waals surface area contributed by atoms with Gasteiger partial charge in [0.2, 0.25) is 5.91 Å². The third-order valence-corrected chi connectivity index (χ3v) is 2.64. The van der Waals surface area contributed by atoms with Crippen LogP contribution in [0.4, 0.5) is 5.69 Å². The molecule has 0 radical (unpaired) electrons. The molecular formula is C11H14BrN3O2. The Kier molecular flexibility index (Phi) is 4.51. The lowest BCUT2D eigenvalue weighted by Gasteiger charge is -2.13. The lowest BCUT2D eigenvalue weighted by molar-refractivity contribution is -0.118. The highest BCUT2D eigenvalue weighted by molar-refractivity contribution is 9.10. The van der Waals surface area contributed by atoms with Crippen LogP contribution in [0.2, 0.25) is 0 Å². The Morgan fingerprint density at radius 3 is 2.65 bits per heavy atom. The molecule has 0 saturated carbocycles. The van der Waals surface area contributed by atoms with E-state index < -0.39 is 5.91 Å². The van der Waals surface area contributed by atoms with Crippen molar-refractivity contribution in [2.75, 3.05) is 5.73 Å². The van der Waals surface area contributed by atoms with Crippen LogP contribution >= 0.6 is 15.9 Å². The van der Waals surface area contributed by atoms with Crippen molar-refractivity contribution < 1.29 is 9.59 Å². The molecule has 1 aromatic rings. The zero-order valence-electron chi connectivity index (χ0n) is 9.37. The van der Waals surface area contributed by atoms with Crippen LogP contribution in [-0.2, 0) is 4.79 Å². The Morgan fingerprint density at radius 2 is 2.12 bits per heavy atom. The van der Waals surface area contributed by atoms with E-state index in [0.29, 0.717) is 11.3 Å². The molecule has 0 heterocycles. The van der Waals surface area contributed by atoms with Gasteiger partial charge in [-0.15, -0.1) is 0 Å². The van der Waals surface area contributed by atoms with Gasteiger partial charge in [-0.3, -0.25) is 9.59 Å². The number of nitrogens with one attached hydrogen (secondary N) is 1. The Morgan fingerprint density at radius 1 is 1.47 bits per heavy atom. The molecule has 1 rings (SSSR count). The molecule has 1 atom stereocenters. The van der Waals surface area contributed by atoms with Gasteiger partial charge in [-0.2, -0.15) is 0 Å². The van der Waals surface area contributed by atoms with Crippen LogP contribution in [0.1, 0.15) is 23.7 Å². The average Bonchev–Trinajstić information content (AvgIpc) is 2.15. The predicted octanol–water partition coefficient (Wildman–Crippen LogP) is 1.02. The number of rotatable bonds is 4.